The lowest BCUT2D eigenvalue weighted by molar-refractivity contribution is -0.124. The van der Waals surface area contributed by atoms with Crippen LogP contribution in [0.1, 0.15) is 79.9 Å². The third kappa shape index (κ3) is 5.48. The van der Waals surface area contributed by atoms with Gasteiger partial charge in [0.1, 0.15) is 5.56 Å². The minimum atomic E-state index is -1.09. The topological polar surface area (TPSA) is 97.6 Å². The minimum absolute atomic E-state index is 0.000939. The first-order valence-electron chi connectivity index (χ1n) is 13.1. The number of benzene rings is 1. The summed E-state index contributed by atoms with van der Waals surface area (Å²) < 4.78 is 7.13. The molecule has 0 bridgehead atoms. The Morgan fingerprint density at radius 2 is 1.81 bits per heavy atom. The van der Waals surface area contributed by atoms with Gasteiger partial charge in [-0.2, -0.15) is 0 Å². The molecule has 1 saturated carbocycles. The molecule has 1 saturated heterocycles. The van der Waals surface area contributed by atoms with Gasteiger partial charge in [-0.05, 0) is 62.1 Å². The lowest BCUT2D eigenvalue weighted by Crippen LogP contribution is -2.47. The zero-order valence-electron chi connectivity index (χ0n) is 21.4. The molecule has 1 unspecified atom stereocenters. The number of aromatic carboxylic acids is 1. The van der Waals surface area contributed by atoms with Crippen molar-refractivity contribution in [2.75, 3.05) is 18.1 Å². The van der Waals surface area contributed by atoms with Crippen LogP contribution in [0.2, 0.25) is 0 Å². The molecule has 0 spiro atoms. The fourth-order valence-corrected chi connectivity index (χ4v) is 6.10. The van der Waals surface area contributed by atoms with Crippen molar-refractivity contribution in [2.45, 2.75) is 64.3 Å². The number of carbonyl (C=O) groups excluding carboxylic acids is 1. The van der Waals surface area contributed by atoms with Gasteiger partial charge in [0.25, 0.3) is 0 Å². The molecule has 2 fully saturated rings. The average Bonchev–Trinajstić information content (AvgIpc) is 3.61. The second-order valence-electron chi connectivity index (χ2n) is 10.4. The van der Waals surface area contributed by atoms with Gasteiger partial charge < -0.3 is 9.84 Å². The van der Waals surface area contributed by atoms with Gasteiger partial charge in [0.05, 0.1) is 16.9 Å². The van der Waals surface area contributed by atoms with Crippen LogP contribution in [0.15, 0.2) is 41.4 Å². The Bertz CT molecular complexity index is 1210. The molecule has 37 heavy (non-hydrogen) atoms. The standard InChI is InChI=1S/C28H34N4O4S/c1-18-3-5-21(6-4-18)27(33)32(23-11-13-36-14-12-23)26-24(28(34)35)15-31(30-26)22-9-7-20(8-10-22)19(2)25-16-37-17-29-25/h7-10,15-19,21,23H,3-6,11-14H2,1-2H3,(H,34,35). The molecule has 9 heteroatoms. The highest BCUT2D eigenvalue weighted by Gasteiger charge is 2.37. The maximum absolute atomic E-state index is 13.9. The number of rotatable bonds is 7. The Balaban J connectivity index is 1.47. The number of thiazole rings is 1. The van der Waals surface area contributed by atoms with Crippen LogP contribution in [0.25, 0.3) is 5.69 Å². The summed E-state index contributed by atoms with van der Waals surface area (Å²) in [5.41, 5.74) is 4.76. The first kappa shape index (κ1) is 25.6. The maximum Gasteiger partial charge on any atom is 0.341 e. The van der Waals surface area contributed by atoms with Crippen molar-refractivity contribution in [1.29, 1.82) is 0 Å². The highest BCUT2D eigenvalue weighted by molar-refractivity contribution is 7.07. The summed E-state index contributed by atoms with van der Waals surface area (Å²) in [6, 6.07) is 7.79. The van der Waals surface area contributed by atoms with E-state index in [1.807, 2.05) is 35.2 Å². The molecule has 2 aromatic heterocycles. The van der Waals surface area contributed by atoms with E-state index >= 15 is 0 Å². The number of anilines is 1. The van der Waals surface area contributed by atoms with Crippen LogP contribution in [0.3, 0.4) is 0 Å². The van der Waals surface area contributed by atoms with Gasteiger partial charge in [-0.1, -0.05) is 26.0 Å². The van der Waals surface area contributed by atoms with Crippen LogP contribution in [-0.2, 0) is 9.53 Å². The predicted octanol–water partition coefficient (Wildman–Crippen LogP) is 5.52. The number of hydrogen-bond acceptors (Lipinski definition) is 6. The lowest BCUT2D eigenvalue weighted by Gasteiger charge is -2.37. The Hall–Kier alpha value is -3.04. The molecular formula is C28H34N4O4S. The van der Waals surface area contributed by atoms with Crippen LogP contribution in [0.5, 0.6) is 0 Å². The first-order valence-corrected chi connectivity index (χ1v) is 14.1. The fourth-order valence-electron chi connectivity index (χ4n) is 5.45. The van der Waals surface area contributed by atoms with Crippen LogP contribution in [0.4, 0.5) is 5.82 Å². The van der Waals surface area contributed by atoms with E-state index in [-0.39, 0.29) is 35.2 Å². The Morgan fingerprint density at radius 3 is 2.43 bits per heavy atom. The Morgan fingerprint density at radius 1 is 1.11 bits per heavy atom. The quantitative estimate of drug-likeness (QED) is 0.439. The molecule has 1 aliphatic heterocycles. The van der Waals surface area contributed by atoms with Gasteiger partial charge in [0.15, 0.2) is 5.82 Å². The molecule has 8 nitrogen and oxygen atoms in total. The van der Waals surface area contributed by atoms with E-state index in [1.54, 1.807) is 20.9 Å². The minimum Gasteiger partial charge on any atom is -0.477 e. The first-order chi connectivity index (χ1) is 17.9. The molecule has 1 aliphatic carbocycles. The highest BCUT2D eigenvalue weighted by Crippen LogP contribution is 2.34. The molecule has 196 valence electrons. The summed E-state index contributed by atoms with van der Waals surface area (Å²) in [7, 11) is 0. The molecule has 0 radical (unpaired) electrons. The normalized spacial score (nSPS) is 21.5. The van der Waals surface area contributed by atoms with Gasteiger partial charge in [-0.25, -0.2) is 14.5 Å². The number of nitrogens with zero attached hydrogens (tertiary/aromatic N) is 4. The predicted molar refractivity (Wildman–Crippen MR) is 143 cm³/mol. The molecular weight excluding hydrogens is 488 g/mol. The van der Waals surface area contributed by atoms with Crippen LogP contribution >= 0.6 is 11.3 Å². The molecule has 1 atom stereocenters. The number of carbonyl (C=O) groups is 2. The van der Waals surface area contributed by atoms with Gasteiger partial charge in [0.2, 0.25) is 5.91 Å². The summed E-state index contributed by atoms with van der Waals surface area (Å²) in [6.07, 6.45) is 6.57. The van der Waals surface area contributed by atoms with Crippen molar-refractivity contribution in [3.8, 4) is 5.69 Å². The summed E-state index contributed by atoms with van der Waals surface area (Å²) in [4.78, 5) is 32.4. The van der Waals surface area contributed by atoms with E-state index in [1.165, 1.54) is 6.20 Å². The van der Waals surface area contributed by atoms with Crippen molar-refractivity contribution in [3.63, 3.8) is 0 Å². The number of aromatic nitrogens is 3. The Kier molecular flexibility index (Phi) is 7.71. The molecule has 3 aromatic rings. The number of hydrogen-bond donors (Lipinski definition) is 1. The molecule has 5 rings (SSSR count). The monoisotopic (exact) mass is 522 g/mol. The van der Waals surface area contributed by atoms with Crippen molar-refractivity contribution >= 4 is 29.0 Å². The zero-order valence-corrected chi connectivity index (χ0v) is 22.2. The van der Waals surface area contributed by atoms with Crippen LogP contribution in [0, 0.1) is 11.8 Å². The van der Waals surface area contributed by atoms with Crippen molar-refractivity contribution in [3.05, 3.63) is 58.2 Å². The zero-order chi connectivity index (χ0) is 25.9. The van der Waals surface area contributed by atoms with Crippen LogP contribution in [-0.4, -0.2) is 51.0 Å². The third-order valence-electron chi connectivity index (χ3n) is 7.86. The van der Waals surface area contributed by atoms with Crippen LogP contribution < -0.4 is 4.90 Å². The number of carboxylic acids is 1. The van der Waals surface area contributed by atoms with Gasteiger partial charge in [-0.3, -0.25) is 9.69 Å². The molecule has 3 heterocycles. The van der Waals surface area contributed by atoms with E-state index in [0.717, 1.165) is 42.6 Å². The van der Waals surface area contributed by atoms with E-state index in [0.29, 0.717) is 32.0 Å². The van der Waals surface area contributed by atoms with Gasteiger partial charge >= 0.3 is 5.97 Å². The van der Waals surface area contributed by atoms with E-state index in [2.05, 4.69) is 18.8 Å². The summed E-state index contributed by atoms with van der Waals surface area (Å²) in [6.45, 7) is 5.45. The van der Waals surface area contributed by atoms with E-state index in [9.17, 15) is 14.7 Å². The largest absolute Gasteiger partial charge is 0.477 e. The second kappa shape index (κ2) is 11.1. The third-order valence-corrected chi connectivity index (χ3v) is 8.47. The molecule has 1 amide bonds. The van der Waals surface area contributed by atoms with Gasteiger partial charge in [-0.15, -0.1) is 16.4 Å². The summed E-state index contributed by atoms with van der Waals surface area (Å²) in [5, 5.41) is 16.9. The van der Waals surface area contributed by atoms with Crippen molar-refractivity contribution in [1.82, 2.24) is 14.8 Å². The average molecular weight is 523 g/mol. The SMILES string of the molecule is CC1CCC(C(=O)N(c2nn(-c3ccc(C(C)c4cscn4)cc3)cc2C(=O)O)C2CCOCC2)CC1. The Labute approximate surface area is 221 Å². The molecule has 1 N–H and O–H groups in total. The number of carboxylic acid groups (broad SMARTS) is 1. The maximum atomic E-state index is 13.9. The second-order valence-corrected chi connectivity index (χ2v) is 11.1. The fraction of sp³-hybridized carbons (Fsp3) is 0.500. The molecule has 2 aliphatic rings. The van der Waals surface area contributed by atoms with E-state index in [4.69, 9.17) is 9.84 Å². The smallest absolute Gasteiger partial charge is 0.341 e. The lowest BCUT2D eigenvalue weighted by atomic mass is 9.82. The van der Waals surface area contributed by atoms with Crippen molar-refractivity contribution < 1.29 is 19.4 Å². The molecule has 1 aromatic carbocycles. The number of ether oxygens (including phenoxy) is 1. The van der Waals surface area contributed by atoms with Gasteiger partial charge in [0, 0.05) is 42.7 Å². The number of amides is 1. The van der Waals surface area contributed by atoms with E-state index < -0.39 is 5.97 Å². The summed E-state index contributed by atoms with van der Waals surface area (Å²) in [5.74, 6) is -0.171. The van der Waals surface area contributed by atoms with Crippen molar-refractivity contribution in [2.24, 2.45) is 11.8 Å². The summed E-state index contributed by atoms with van der Waals surface area (Å²) >= 11 is 1.58. The highest BCUT2D eigenvalue weighted by atomic mass is 32.1.